The maximum absolute atomic E-state index is 12.6. The number of carbonyl (C=O) groups is 1. The molecular weight excluding hydrogens is 408 g/mol. The van der Waals surface area contributed by atoms with Crippen LogP contribution < -0.4 is 15.0 Å². The number of para-hydroxylation sites is 1. The average molecular weight is 430 g/mol. The fraction of sp³-hybridized carbons (Fsp3) is 0.208. The van der Waals surface area contributed by atoms with Crippen molar-refractivity contribution >= 4 is 16.9 Å². The topological polar surface area (TPSA) is 94.5 Å². The Morgan fingerprint density at radius 3 is 2.81 bits per heavy atom. The molecule has 0 radical (unpaired) electrons. The number of nitrogens with one attached hydrogen (secondary N) is 1. The molecule has 1 aliphatic rings. The molecule has 1 amide bonds. The van der Waals surface area contributed by atoms with Crippen LogP contribution in [-0.4, -0.2) is 35.6 Å². The predicted octanol–water partition coefficient (Wildman–Crippen LogP) is 2.83. The lowest BCUT2D eigenvalue weighted by Gasteiger charge is -2.24. The number of ether oxygens (including phenoxy) is 1. The molecule has 1 atom stereocenters. The SMILES string of the molecule is O=C(NCCN1Cc2ccccc2OC(c2ccccc2)C1)c1ccc2c(c1)no[n+]2[O-]. The van der Waals surface area contributed by atoms with Gasteiger partial charge in [0.15, 0.2) is 0 Å². The Morgan fingerprint density at radius 2 is 1.94 bits per heavy atom. The van der Waals surface area contributed by atoms with Crippen molar-refractivity contribution in [2.45, 2.75) is 12.6 Å². The van der Waals surface area contributed by atoms with E-state index in [1.54, 1.807) is 12.1 Å². The monoisotopic (exact) mass is 430 g/mol. The van der Waals surface area contributed by atoms with E-state index >= 15 is 0 Å². The number of carbonyl (C=O) groups excluding carboxylic acids is 1. The van der Waals surface area contributed by atoms with Gasteiger partial charge >= 0.3 is 0 Å². The minimum Gasteiger partial charge on any atom is -0.484 e. The number of hydrogen-bond acceptors (Lipinski definition) is 6. The zero-order valence-corrected chi connectivity index (χ0v) is 17.3. The van der Waals surface area contributed by atoms with Crippen molar-refractivity contribution in [3.05, 3.63) is 94.7 Å². The summed E-state index contributed by atoms with van der Waals surface area (Å²) in [6, 6.07) is 22.9. The van der Waals surface area contributed by atoms with Crippen molar-refractivity contribution in [1.29, 1.82) is 0 Å². The largest absolute Gasteiger partial charge is 0.484 e. The van der Waals surface area contributed by atoms with Gasteiger partial charge in [-0.3, -0.25) is 14.3 Å². The smallest absolute Gasteiger partial charge is 0.251 e. The number of amides is 1. The first-order valence-electron chi connectivity index (χ1n) is 10.5. The third kappa shape index (κ3) is 4.13. The van der Waals surface area contributed by atoms with Gasteiger partial charge in [0, 0.05) is 48.5 Å². The number of hydrogen-bond donors (Lipinski definition) is 1. The van der Waals surface area contributed by atoms with E-state index in [1.807, 2.05) is 36.4 Å². The Hall–Kier alpha value is -3.91. The predicted molar refractivity (Wildman–Crippen MR) is 117 cm³/mol. The van der Waals surface area contributed by atoms with E-state index in [0.29, 0.717) is 35.6 Å². The zero-order valence-electron chi connectivity index (χ0n) is 17.3. The quantitative estimate of drug-likeness (QED) is 0.490. The third-order valence-corrected chi connectivity index (χ3v) is 5.59. The molecule has 1 N–H and O–H groups in total. The highest BCUT2D eigenvalue weighted by Crippen LogP contribution is 2.30. The summed E-state index contributed by atoms with van der Waals surface area (Å²) in [5.74, 6) is 0.669. The lowest BCUT2D eigenvalue weighted by molar-refractivity contribution is -0.782. The summed E-state index contributed by atoms with van der Waals surface area (Å²) in [5.41, 5.74) is 3.31. The second-order valence-electron chi connectivity index (χ2n) is 7.75. The molecule has 1 aliphatic heterocycles. The number of fused-ring (bicyclic) bond motifs is 2. The van der Waals surface area contributed by atoms with Crippen molar-refractivity contribution in [2.75, 3.05) is 19.6 Å². The molecule has 0 saturated heterocycles. The molecule has 162 valence electrons. The molecule has 3 aromatic carbocycles. The van der Waals surface area contributed by atoms with Crippen molar-refractivity contribution in [1.82, 2.24) is 15.4 Å². The minimum absolute atomic E-state index is 0.0936. The molecule has 2 heterocycles. The summed E-state index contributed by atoms with van der Waals surface area (Å²) in [7, 11) is 0. The second-order valence-corrected chi connectivity index (χ2v) is 7.75. The molecule has 0 saturated carbocycles. The Balaban J connectivity index is 1.26. The van der Waals surface area contributed by atoms with Crippen LogP contribution in [0, 0.1) is 5.21 Å². The fourth-order valence-corrected chi connectivity index (χ4v) is 3.94. The number of benzene rings is 3. The molecule has 1 aromatic heterocycles. The highest BCUT2D eigenvalue weighted by atomic mass is 16.8. The van der Waals surface area contributed by atoms with E-state index in [1.165, 1.54) is 6.07 Å². The Labute approximate surface area is 184 Å². The Bertz CT molecular complexity index is 1240. The van der Waals surface area contributed by atoms with Gasteiger partial charge in [-0.2, -0.15) is 0 Å². The van der Waals surface area contributed by atoms with E-state index in [-0.39, 0.29) is 17.5 Å². The molecule has 32 heavy (non-hydrogen) atoms. The zero-order chi connectivity index (χ0) is 21.9. The van der Waals surface area contributed by atoms with Crippen LogP contribution in [0.1, 0.15) is 27.6 Å². The van der Waals surface area contributed by atoms with Crippen molar-refractivity contribution in [3.63, 3.8) is 0 Å². The molecule has 0 bridgehead atoms. The lowest BCUT2D eigenvalue weighted by atomic mass is 10.1. The van der Waals surface area contributed by atoms with Crippen molar-refractivity contribution < 1.29 is 19.1 Å². The molecule has 0 aliphatic carbocycles. The summed E-state index contributed by atoms with van der Waals surface area (Å²) < 4.78 is 10.9. The summed E-state index contributed by atoms with van der Waals surface area (Å²) in [6.07, 6.45) is -0.0936. The summed E-state index contributed by atoms with van der Waals surface area (Å²) in [4.78, 5) is 15.2. The van der Waals surface area contributed by atoms with Crippen LogP contribution in [0.4, 0.5) is 0 Å². The van der Waals surface area contributed by atoms with E-state index < -0.39 is 0 Å². The number of rotatable bonds is 5. The van der Waals surface area contributed by atoms with Crippen LogP contribution in [0.5, 0.6) is 5.75 Å². The van der Waals surface area contributed by atoms with Crippen LogP contribution in [0.3, 0.4) is 0 Å². The van der Waals surface area contributed by atoms with E-state index in [4.69, 9.17) is 4.74 Å². The van der Waals surface area contributed by atoms with Crippen LogP contribution >= 0.6 is 0 Å². The number of nitrogens with zero attached hydrogens (tertiary/aromatic N) is 3. The number of aromatic nitrogens is 2. The first-order chi connectivity index (χ1) is 15.7. The molecule has 5 rings (SSSR count). The second kappa shape index (κ2) is 8.68. The average Bonchev–Trinajstić information content (AvgIpc) is 3.08. The first kappa shape index (κ1) is 20.0. The molecule has 0 fully saturated rings. The Kier molecular flexibility index (Phi) is 5.43. The highest BCUT2D eigenvalue weighted by molar-refractivity contribution is 5.96. The van der Waals surface area contributed by atoms with Gasteiger partial charge in [-0.1, -0.05) is 48.5 Å². The van der Waals surface area contributed by atoms with E-state index in [2.05, 4.69) is 38.2 Å². The van der Waals surface area contributed by atoms with Crippen LogP contribution in [0.2, 0.25) is 0 Å². The van der Waals surface area contributed by atoms with Crippen molar-refractivity contribution in [2.24, 2.45) is 0 Å². The fourth-order valence-electron chi connectivity index (χ4n) is 3.94. The van der Waals surface area contributed by atoms with Gasteiger partial charge in [-0.15, -0.1) is 0 Å². The maximum atomic E-state index is 12.6. The summed E-state index contributed by atoms with van der Waals surface area (Å²) in [5, 5.41) is 18.0. The third-order valence-electron chi connectivity index (χ3n) is 5.59. The van der Waals surface area contributed by atoms with Gasteiger partial charge in [0.05, 0.1) is 0 Å². The van der Waals surface area contributed by atoms with Crippen LogP contribution in [0.25, 0.3) is 11.0 Å². The van der Waals surface area contributed by atoms with Gasteiger partial charge in [-0.05, 0) is 28.7 Å². The van der Waals surface area contributed by atoms with Gasteiger partial charge < -0.3 is 15.3 Å². The van der Waals surface area contributed by atoms with Crippen LogP contribution in [-0.2, 0) is 6.54 Å². The van der Waals surface area contributed by atoms with Crippen molar-refractivity contribution in [3.8, 4) is 5.75 Å². The summed E-state index contributed by atoms with van der Waals surface area (Å²) in [6.45, 7) is 2.59. The van der Waals surface area contributed by atoms with Gasteiger partial charge in [0.2, 0.25) is 11.0 Å². The molecular formula is C24H22N4O4. The minimum atomic E-state index is -0.224. The molecule has 4 aromatic rings. The van der Waals surface area contributed by atoms with Crippen LogP contribution in [0.15, 0.2) is 77.4 Å². The molecule has 8 nitrogen and oxygen atoms in total. The Morgan fingerprint density at radius 1 is 1.12 bits per heavy atom. The van der Waals surface area contributed by atoms with Gasteiger partial charge in [0.1, 0.15) is 11.9 Å². The molecule has 0 spiro atoms. The van der Waals surface area contributed by atoms with E-state index in [0.717, 1.165) is 23.4 Å². The molecule has 1 unspecified atom stereocenters. The molecule has 8 heteroatoms. The normalized spacial score (nSPS) is 16.2. The van der Waals surface area contributed by atoms with Gasteiger partial charge in [0.25, 0.3) is 5.91 Å². The lowest BCUT2D eigenvalue weighted by Crippen LogP contribution is -2.36. The maximum Gasteiger partial charge on any atom is 0.251 e. The van der Waals surface area contributed by atoms with Gasteiger partial charge in [-0.25, -0.2) is 0 Å². The van der Waals surface area contributed by atoms with E-state index in [9.17, 15) is 10.0 Å². The highest BCUT2D eigenvalue weighted by Gasteiger charge is 2.24. The summed E-state index contributed by atoms with van der Waals surface area (Å²) >= 11 is 0. The first-order valence-corrected chi connectivity index (χ1v) is 10.5. The standard InChI is InChI=1S/C24H22N4O4/c29-24(18-10-11-21-20(14-18)26-32-28(21)30)25-12-13-27-15-19-8-4-5-9-22(19)31-23(16-27)17-6-2-1-3-7-17/h1-11,14,23H,12-13,15-16H2,(H,25,29).